The normalized spacial score (nSPS) is 18.1. The molecule has 21 heavy (non-hydrogen) atoms. The SMILES string of the molecule is CNCC1CCN(S(=O)(=O)NCCCn2cccn2)CC1. The molecule has 2 N–H and O–H groups in total. The van der Waals surface area contributed by atoms with Crippen molar-refractivity contribution in [2.24, 2.45) is 5.92 Å². The molecule has 8 heteroatoms. The van der Waals surface area contributed by atoms with Crippen molar-refractivity contribution < 1.29 is 8.42 Å². The van der Waals surface area contributed by atoms with Crippen LogP contribution in [0.3, 0.4) is 0 Å². The summed E-state index contributed by atoms with van der Waals surface area (Å²) in [6, 6.07) is 1.86. The molecular weight excluding hydrogens is 290 g/mol. The van der Waals surface area contributed by atoms with Crippen molar-refractivity contribution in [1.82, 2.24) is 24.1 Å². The van der Waals surface area contributed by atoms with Crippen molar-refractivity contribution in [3.05, 3.63) is 18.5 Å². The van der Waals surface area contributed by atoms with Gasteiger partial charge in [-0.05, 0) is 44.8 Å². The molecular formula is C13H25N5O2S. The quantitative estimate of drug-likeness (QED) is 0.664. The van der Waals surface area contributed by atoms with E-state index in [-0.39, 0.29) is 0 Å². The first-order valence-corrected chi connectivity index (χ1v) is 8.92. The van der Waals surface area contributed by atoms with E-state index >= 15 is 0 Å². The van der Waals surface area contributed by atoms with Gasteiger partial charge in [-0.1, -0.05) is 0 Å². The van der Waals surface area contributed by atoms with Gasteiger partial charge in [0.05, 0.1) is 0 Å². The molecule has 1 aromatic heterocycles. The fourth-order valence-corrected chi connectivity index (χ4v) is 3.89. The molecule has 0 aliphatic carbocycles. The largest absolute Gasteiger partial charge is 0.319 e. The smallest absolute Gasteiger partial charge is 0.279 e. The molecule has 0 bridgehead atoms. The van der Waals surface area contributed by atoms with Crippen LogP contribution in [0.1, 0.15) is 19.3 Å². The molecule has 0 unspecified atom stereocenters. The van der Waals surface area contributed by atoms with E-state index in [4.69, 9.17) is 0 Å². The number of hydrogen-bond donors (Lipinski definition) is 2. The lowest BCUT2D eigenvalue weighted by Crippen LogP contribution is -2.46. The predicted octanol–water partition coefficient (Wildman–Crippen LogP) is 0.0390. The zero-order valence-corrected chi connectivity index (χ0v) is 13.3. The topological polar surface area (TPSA) is 79.3 Å². The fraction of sp³-hybridized carbons (Fsp3) is 0.769. The maximum Gasteiger partial charge on any atom is 0.279 e. The van der Waals surface area contributed by atoms with Crippen LogP contribution in [0, 0.1) is 5.92 Å². The van der Waals surface area contributed by atoms with E-state index in [9.17, 15) is 8.42 Å². The Kier molecular flexibility index (Phi) is 6.16. The summed E-state index contributed by atoms with van der Waals surface area (Å²) in [5.41, 5.74) is 0. The van der Waals surface area contributed by atoms with Crippen molar-refractivity contribution >= 4 is 10.2 Å². The molecule has 1 saturated heterocycles. The van der Waals surface area contributed by atoms with Crippen molar-refractivity contribution in [3.8, 4) is 0 Å². The van der Waals surface area contributed by atoms with Gasteiger partial charge in [0.25, 0.3) is 10.2 Å². The Morgan fingerprint density at radius 3 is 2.71 bits per heavy atom. The van der Waals surface area contributed by atoms with E-state index in [1.165, 1.54) is 0 Å². The molecule has 1 aromatic rings. The number of piperidine rings is 1. The number of aromatic nitrogens is 2. The van der Waals surface area contributed by atoms with Gasteiger partial charge in [-0.2, -0.15) is 17.8 Å². The van der Waals surface area contributed by atoms with E-state index in [1.54, 1.807) is 15.2 Å². The Bertz CT molecular complexity index is 495. The average Bonchev–Trinajstić information content (AvgIpc) is 2.98. The third-order valence-electron chi connectivity index (χ3n) is 3.81. The number of nitrogens with zero attached hydrogens (tertiary/aromatic N) is 3. The van der Waals surface area contributed by atoms with Gasteiger partial charge in [-0.25, -0.2) is 4.72 Å². The zero-order chi connectivity index (χ0) is 15.1. The maximum atomic E-state index is 12.2. The van der Waals surface area contributed by atoms with E-state index < -0.39 is 10.2 Å². The Hall–Kier alpha value is -0.960. The second kappa shape index (κ2) is 7.88. The molecule has 0 saturated carbocycles. The van der Waals surface area contributed by atoms with Gasteiger partial charge in [0.15, 0.2) is 0 Å². The van der Waals surface area contributed by atoms with Gasteiger partial charge >= 0.3 is 0 Å². The second-order valence-corrected chi connectivity index (χ2v) is 7.18. The third-order valence-corrected chi connectivity index (χ3v) is 5.43. The van der Waals surface area contributed by atoms with Crippen molar-refractivity contribution in [2.45, 2.75) is 25.8 Å². The van der Waals surface area contributed by atoms with Crippen LogP contribution < -0.4 is 10.0 Å². The van der Waals surface area contributed by atoms with Crippen LogP contribution in [-0.4, -0.2) is 55.7 Å². The van der Waals surface area contributed by atoms with Crippen LogP contribution >= 0.6 is 0 Å². The predicted molar refractivity (Wildman–Crippen MR) is 82.0 cm³/mol. The summed E-state index contributed by atoms with van der Waals surface area (Å²) >= 11 is 0. The van der Waals surface area contributed by atoms with Crippen molar-refractivity contribution in [3.63, 3.8) is 0 Å². The molecule has 0 aromatic carbocycles. The molecule has 2 rings (SSSR count). The second-order valence-electron chi connectivity index (χ2n) is 5.42. The van der Waals surface area contributed by atoms with Crippen LogP contribution in [-0.2, 0) is 16.8 Å². The first-order chi connectivity index (χ1) is 10.1. The molecule has 0 atom stereocenters. The Morgan fingerprint density at radius 2 is 2.10 bits per heavy atom. The monoisotopic (exact) mass is 315 g/mol. The highest BCUT2D eigenvalue weighted by molar-refractivity contribution is 7.87. The first-order valence-electron chi connectivity index (χ1n) is 7.48. The highest BCUT2D eigenvalue weighted by Crippen LogP contribution is 2.18. The molecule has 0 amide bonds. The molecule has 0 spiro atoms. The minimum atomic E-state index is -3.33. The summed E-state index contributed by atoms with van der Waals surface area (Å²) < 4.78 is 30.4. The molecule has 1 aliphatic rings. The van der Waals surface area contributed by atoms with Crippen LogP contribution in [0.4, 0.5) is 0 Å². The fourth-order valence-electron chi connectivity index (χ4n) is 2.61. The first kappa shape index (κ1) is 16.4. The zero-order valence-electron chi connectivity index (χ0n) is 12.5. The van der Waals surface area contributed by atoms with E-state index in [1.807, 2.05) is 19.3 Å². The Labute approximate surface area is 126 Å². The molecule has 120 valence electrons. The van der Waals surface area contributed by atoms with Gasteiger partial charge in [0, 0.05) is 38.6 Å². The van der Waals surface area contributed by atoms with E-state index in [2.05, 4.69) is 15.1 Å². The lowest BCUT2D eigenvalue weighted by atomic mass is 9.98. The summed E-state index contributed by atoms with van der Waals surface area (Å²) in [7, 11) is -1.39. The van der Waals surface area contributed by atoms with Crippen molar-refractivity contribution in [1.29, 1.82) is 0 Å². The summed E-state index contributed by atoms with van der Waals surface area (Å²) in [6.07, 6.45) is 6.18. The molecule has 0 radical (unpaired) electrons. The molecule has 2 heterocycles. The molecule has 1 aliphatic heterocycles. The number of aryl methyl sites for hydroxylation is 1. The average molecular weight is 315 g/mol. The van der Waals surface area contributed by atoms with Crippen molar-refractivity contribution in [2.75, 3.05) is 33.2 Å². The molecule has 1 fully saturated rings. The number of rotatable bonds is 8. The van der Waals surface area contributed by atoms with Crippen LogP contribution in [0.25, 0.3) is 0 Å². The maximum absolute atomic E-state index is 12.2. The number of hydrogen-bond acceptors (Lipinski definition) is 4. The number of nitrogens with one attached hydrogen (secondary N) is 2. The van der Waals surface area contributed by atoms with Crippen LogP contribution in [0.15, 0.2) is 18.5 Å². The van der Waals surface area contributed by atoms with Gasteiger partial charge in [-0.15, -0.1) is 0 Å². The lowest BCUT2D eigenvalue weighted by Gasteiger charge is -2.31. The summed E-state index contributed by atoms with van der Waals surface area (Å²) in [5.74, 6) is 0.585. The van der Waals surface area contributed by atoms with E-state index in [0.29, 0.717) is 25.6 Å². The van der Waals surface area contributed by atoms with Gasteiger partial charge in [0.1, 0.15) is 0 Å². The molecule has 7 nitrogen and oxygen atoms in total. The van der Waals surface area contributed by atoms with Crippen LogP contribution in [0.2, 0.25) is 0 Å². The summed E-state index contributed by atoms with van der Waals surface area (Å²) in [4.78, 5) is 0. The van der Waals surface area contributed by atoms with Crippen LogP contribution in [0.5, 0.6) is 0 Å². The highest BCUT2D eigenvalue weighted by atomic mass is 32.2. The van der Waals surface area contributed by atoms with Gasteiger partial charge < -0.3 is 5.32 Å². The summed E-state index contributed by atoms with van der Waals surface area (Å²) in [6.45, 7) is 3.35. The third kappa shape index (κ3) is 5.06. The van der Waals surface area contributed by atoms with Gasteiger partial charge in [-0.3, -0.25) is 4.68 Å². The minimum absolute atomic E-state index is 0.443. The standard InChI is InChI=1S/C13H25N5O2S/c1-14-12-13-4-10-18(11-5-13)21(19,20)16-7-3-9-17-8-2-6-15-17/h2,6,8,13-14,16H,3-5,7,9-12H2,1H3. The lowest BCUT2D eigenvalue weighted by molar-refractivity contribution is 0.268. The Morgan fingerprint density at radius 1 is 1.33 bits per heavy atom. The summed E-state index contributed by atoms with van der Waals surface area (Å²) in [5, 5.41) is 7.24. The minimum Gasteiger partial charge on any atom is -0.319 e. The van der Waals surface area contributed by atoms with Gasteiger partial charge in [0.2, 0.25) is 0 Å². The van der Waals surface area contributed by atoms with E-state index in [0.717, 1.165) is 32.4 Å². The highest BCUT2D eigenvalue weighted by Gasteiger charge is 2.27. The Balaban J connectivity index is 1.69.